The quantitative estimate of drug-likeness (QED) is 0.842. The molecule has 0 aliphatic rings. The summed E-state index contributed by atoms with van der Waals surface area (Å²) in [6.07, 6.45) is 0.891. The molecule has 20 heavy (non-hydrogen) atoms. The predicted octanol–water partition coefficient (Wildman–Crippen LogP) is 2.39. The molecule has 0 spiro atoms. The molecule has 0 aliphatic carbocycles. The van der Waals surface area contributed by atoms with Crippen LogP contribution in [-0.4, -0.2) is 18.0 Å². The minimum absolute atomic E-state index is 0.0163. The number of hydrogen-bond donors (Lipinski definition) is 2. The first kappa shape index (κ1) is 16.6. The molecule has 3 atom stereocenters. The molecule has 3 nitrogen and oxygen atoms in total. The zero-order chi connectivity index (χ0) is 15.3. The first-order valence-electron chi connectivity index (χ1n) is 6.85. The summed E-state index contributed by atoms with van der Waals surface area (Å²) in [5.41, 5.74) is 5.80. The summed E-state index contributed by atoms with van der Waals surface area (Å²) >= 11 is 0. The Balaban J connectivity index is 2.64. The molecule has 0 aliphatic heterocycles. The van der Waals surface area contributed by atoms with Crippen molar-refractivity contribution in [3.8, 4) is 0 Å². The number of carbonyl (C=O) groups is 1. The zero-order valence-electron chi connectivity index (χ0n) is 12.1. The normalized spacial score (nSPS) is 15.5. The Morgan fingerprint density at radius 1 is 1.30 bits per heavy atom. The highest BCUT2D eigenvalue weighted by molar-refractivity contribution is 5.82. The largest absolute Gasteiger partial charge is 0.352 e. The van der Waals surface area contributed by atoms with Gasteiger partial charge in [-0.25, -0.2) is 8.78 Å². The number of rotatable bonds is 6. The molecule has 0 bridgehead atoms. The van der Waals surface area contributed by atoms with Crippen molar-refractivity contribution in [2.24, 2.45) is 11.7 Å². The highest BCUT2D eigenvalue weighted by Gasteiger charge is 2.21. The molecule has 0 saturated heterocycles. The minimum Gasteiger partial charge on any atom is -0.352 e. The van der Waals surface area contributed by atoms with Gasteiger partial charge >= 0.3 is 0 Å². The molecule has 3 N–H and O–H groups in total. The van der Waals surface area contributed by atoms with Crippen LogP contribution >= 0.6 is 0 Å². The summed E-state index contributed by atoms with van der Waals surface area (Å²) in [5.74, 6) is -1.43. The fraction of sp³-hybridized carbons (Fsp3) is 0.533. The van der Waals surface area contributed by atoms with E-state index in [4.69, 9.17) is 5.73 Å². The van der Waals surface area contributed by atoms with Gasteiger partial charge in [0.2, 0.25) is 5.91 Å². The van der Waals surface area contributed by atoms with Gasteiger partial charge in [-0.1, -0.05) is 26.3 Å². The van der Waals surface area contributed by atoms with Crippen molar-refractivity contribution in [1.82, 2.24) is 5.32 Å². The van der Waals surface area contributed by atoms with E-state index < -0.39 is 17.7 Å². The molecular formula is C15H22F2N2O. The van der Waals surface area contributed by atoms with Crippen molar-refractivity contribution in [2.45, 2.75) is 45.7 Å². The van der Waals surface area contributed by atoms with Gasteiger partial charge in [-0.05, 0) is 31.4 Å². The van der Waals surface area contributed by atoms with Crippen LogP contribution in [0.4, 0.5) is 8.78 Å². The van der Waals surface area contributed by atoms with Crippen molar-refractivity contribution in [3.05, 3.63) is 35.4 Å². The first-order chi connectivity index (χ1) is 9.36. The van der Waals surface area contributed by atoms with Gasteiger partial charge in [0.05, 0.1) is 6.04 Å². The molecule has 1 aromatic rings. The topological polar surface area (TPSA) is 55.1 Å². The number of benzene rings is 1. The Bertz CT molecular complexity index is 445. The molecule has 1 aromatic carbocycles. The number of hydrogen-bond acceptors (Lipinski definition) is 2. The average Bonchev–Trinajstić information content (AvgIpc) is 2.41. The summed E-state index contributed by atoms with van der Waals surface area (Å²) in [6.45, 7) is 5.55. The van der Waals surface area contributed by atoms with E-state index in [0.717, 1.165) is 6.42 Å². The van der Waals surface area contributed by atoms with E-state index >= 15 is 0 Å². The van der Waals surface area contributed by atoms with Crippen LogP contribution < -0.4 is 11.1 Å². The lowest BCUT2D eigenvalue weighted by molar-refractivity contribution is -0.124. The van der Waals surface area contributed by atoms with Crippen LogP contribution in [0.15, 0.2) is 18.2 Å². The monoisotopic (exact) mass is 284 g/mol. The summed E-state index contributed by atoms with van der Waals surface area (Å²) in [5, 5.41) is 2.70. The lowest BCUT2D eigenvalue weighted by atomic mass is 9.98. The number of nitrogens with two attached hydrogens (primary N) is 1. The molecule has 0 saturated carbocycles. The highest BCUT2D eigenvalue weighted by atomic mass is 19.1. The Hall–Kier alpha value is -1.49. The molecular weight excluding hydrogens is 262 g/mol. The van der Waals surface area contributed by atoms with Gasteiger partial charge in [-0.15, -0.1) is 0 Å². The second-order valence-corrected chi connectivity index (χ2v) is 5.23. The molecule has 1 rings (SSSR count). The van der Waals surface area contributed by atoms with Gasteiger partial charge in [0.1, 0.15) is 11.6 Å². The molecule has 5 heteroatoms. The fourth-order valence-corrected chi connectivity index (χ4v) is 1.94. The molecule has 0 aromatic heterocycles. The van der Waals surface area contributed by atoms with Gasteiger partial charge < -0.3 is 11.1 Å². The Morgan fingerprint density at radius 3 is 2.35 bits per heavy atom. The van der Waals surface area contributed by atoms with Gasteiger partial charge in [0.25, 0.3) is 0 Å². The third-order valence-electron chi connectivity index (χ3n) is 3.52. The van der Waals surface area contributed by atoms with Crippen molar-refractivity contribution in [1.29, 1.82) is 0 Å². The SMILES string of the molecule is CCC(C)C(N)C(=O)NC(C)Cc1c(F)cccc1F. The maximum Gasteiger partial charge on any atom is 0.237 e. The number of carbonyl (C=O) groups excluding carboxylic acids is 1. The molecule has 112 valence electrons. The maximum atomic E-state index is 13.5. The second kappa shape index (κ2) is 7.33. The third kappa shape index (κ3) is 4.27. The Kier molecular flexibility index (Phi) is 6.07. The predicted molar refractivity (Wildman–Crippen MR) is 75.1 cm³/mol. The molecule has 0 radical (unpaired) electrons. The van der Waals surface area contributed by atoms with Gasteiger partial charge in [-0.3, -0.25) is 4.79 Å². The van der Waals surface area contributed by atoms with E-state index in [1.807, 2.05) is 13.8 Å². The van der Waals surface area contributed by atoms with Crippen molar-refractivity contribution >= 4 is 5.91 Å². The van der Waals surface area contributed by atoms with Crippen LogP contribution in [0, 0.1) is 17.6 Å². The van der Waals surface area contributed by atoms with Crippen LogP contribution in [0.2, 0.25) is 0 Å². The van der Waals surface area contributed by atoms with Gasteiger partial charge in [-0.2, -0.15) is 0 Å². The molecule has 0 heterocycles. The average molecular weight is 284 g/mol. The number of amides is 1. The van der Waals surface area contributed by atoms with Crippen LogP contribution in [0.5, 0.6) is 0 Å². The van der Waals surface area contributed by atoms with Gasteiger partial charge in [0.15, 0.2) is 0 Å². The third-order valence-corrected chi connectivity index (χ3v) is 3.52. The summed E-state index contributed by atoms with van der Waals surface area (Å²) in [4.78, 5) is 11.9. The summed E-state index contributed by atoms with van der Waals surface area (Å²) < 4.78 is 27.0. The van der Waals surface area contributed by atoms with Crippen LogP contribution in [0.3, 0.4) is 0 Å². The maximum absolute atomic E-state index is 13.5. The van der Waals surface area contributed by atoms with Crippen LogP contribution in [0.1, 0.15) is 32.8 Å². The molecule has 1 amide bonds. The standard InChI is InChI=1S/C15H22F2N2O/c1-4-9(2)14(18)15(20)19-10(3)8-11-12(16)6-5-7-13(11)17/h5-7,9-10,14H,4,8,18H2,1-3H3,(H,19,20). The molecule has 0 fully saturated rings. The lowest BCUT2D eigenvalue weighted by Crippen LogP contribution is -2.48. The smallest absolute Gasteiger partial charge is 0.237 e. The van der Waals surface area contributed by atoms with E-state index in [9.17, 15) is 13.6 Å². The van der Waals surface area contributed by atoms with Gasteiger partial charge in [0, 0.05) is 11.6 Å². The Labute approximate surface area is 118 Å². The fourth-order valence-electron chi connectivity index (χ4n) is 1.94. The second-order valence-electron chi connectivity index (χ2n) is 5.23. The number of halogens is 2. The highest BCUT2D eigenvalue weighted by Crippen LogP contribution is 2.14. The van der Waals surface area contributed by atoms with Crippen LogP contribution in [-0.2, 0) is 11.2 Å². The van der Waals surface area contributed by atoms with Crippen LogP contribution in [0.25, 0.3) is 0 Å². The van der Waals surface area contributed by atoms with Crippen molar-refractivity contribution < 1.29 is 13.6 Å². The van der Waals surface area contributed by atoms with Crippen molar-refractivity contribution in [3.63, 3.8) is 0 Å². The summed E-state index contributed by atoms with van der Waals surface area (Å²) in [7, 11) is 0. The van der Waals surface area contributed by atoms with E-state index in [1.54, 1.807) is 6.92 Å². The lowest BCUT2D eigenvalue weighted by Gasteiger charge is -2.21. The van der Waals surface area contributed by atoms with E-state index in [2.05, 4.69) is 5.32 Å². The minimum atomic E-state index is -0.604. The van der Waals surface area contributed by atoms with E-state index in [-0.39, 0.29) is 29.9 Å². The Morgan fingerprint density at radius 2 is 1.85 bits per heavy atom. The zero-order valence-corrected chi connectivity index (χ0v) is 12.1. The molecule has 3 unspecified atom stereocenters. The van der Waals surface area contributed by atoms with E-state index in [0.29, 0.717) is 0 Å². The summed E-state index contributed by atoms with van der Waals surface area (Å²) in [6, 6.07) is 2.74. The van der Waals surface area contributed by atoms with E-state index in [1.165, 1.54) is 18.2 Å². The first-order valence-corrected chi connectivity index (χ1v) is 6.85. The van der Waals surface area contributed by atoms with Crippen molar-refractivity contribution in [2.75, 3.05) is 0 Å². The number of nitrogens with one attached hydrogen (secondary N) is 1.